The van der Waals surface area contributed by atoms with Crippen LogP contribution in [0.1, 0.15) is 25.7 Å². The van der Waals surface area contributed by atoms with E-state index >= 15 is 0 Å². The molecule has 0 aliphatic carbocycles. The topological polar surface area (TPSA) is 38.8 Å². The fourth-order valence-corrected chi connectivity index (χ4v) is 2.71. The highest BCUT2D eigenvalue weighted by Gasteiger charge is 2.34. The molecule has 17 heavy (non-hydrogen) atoms. The van der Waals surface area contributed by atoms with Crippen LogP contribution < -0.4 is 0 Å². The standard InChI is InChI=1S/C12H20ClNO3/c13-5-1-3-10-4-2-6-14(10)12(15)11-9-16-7-8-17-11/h10-11H,1-9H2. The average Bonchev–Trinajstić information content (AvgIpc) is 2.84. The highest BCUT2D eigenvalue weighted by atomic mass is 35.5. The molecule has 0 bridgehead atoms. The van der Waals surface area contributed by atoms with Crippen LogP contribution in [0.4, 0.5) is 0 Å². The predicted octanol–water partition coefficient (Wildman–Crippen LogP) is 1.41. The molecule has 0 aromatic carbocycles. The number of amides is 1. The van der Waals surface area contributed by atoms with Gasteiger partial charge in [0.05, 0.1) is 19.8 Å². The number of carbonyl (C=O) groups excluding carboxylic acids is 1. The van der Waals surface area contributed by atoms with Gasteiger partial charge in [-0.25, -0.2) is 0 Å². The van der Waals surface area contributed by atoms with E-state index in [9.17, 15) is 4.79 Å². The Balaban J connectivity index is 1.88. The van der Waals surface area contributed by atoms with Crippen LogP contribution in [0.15, 0.2) is 0 Å². The molecule has 2 unspecified atom stereocenters. The van der Waals surface area contributed by atoms with Crippen molar-refractivity contribution in [3.63, 3.8) is 0 Å². The van der Waals surface area contributed by atoms with E-state index in [1.165, 1.54) is 0 Å². The lowest BCUT2D eigenvalue weighted by molar-refractivity contribution is -0.158. The number of rotatable bonds is 4. The fraction of sp³-hybridized carbons (Fsp3) is 0.917. The molecular formula is C12H20ClNO3. The van der Waals surface area contributed by atoms with Crippen molar-refractivity contribution in [2.45, 2.75) is 37.8 Å². The molecule has 2 aliphatic heterocycles. The number of nitrogens with zero attached hydrogens (tertiary/aromatic N) is 1. The van der Waals surface area contributed by atoms with Crippen molar-refractivity contribution in [2.24, 2.45) is 0 Å². The Morgan fingerprint density at radius 1 is 1.41 bits per heavy atom. The van der Waals surface area contributed by atoms with Gasteiger partial charge >= 0.3 is 0 Å². The summed E-state index contributed by atoms with van der Waals surface area (Å²) in [6.07, 6.45) is 3.77. The minimum Gasteiger partial charge on any atom is -0.376 e. The summed E-state index contributed by atoms with van der Waals surface area (Å²) >= 11 is 5.71. The first-order valence-electron chi connectivity index (χ1n) is 6.38. The second-order valence-corrected chi connectivity index (χ2v) is 4.97. The zero-order valence-electron chi connectivity index (χ0n) is 10.1. The maximum Gasteiger partial charge on any atom is 0.254 e. The summed E-state index contributed by atoms with van der Waals surface area (Å²) in [6, 6.07) is 0.353. The summed E-state index contributed by atoms with van der Waals surface area (Å²) in [5, 5.41) is 0. The van der Waals surface area contributed by atoms with Gasteiger partial charge in [-0.1, -0.05) is 0 Å². The molecule has 0 aromatic rings. The van der Waals surface area contributed by atoms with Gasteiger partial charge in [-0.15, -0.1) is 11.6 Å². The van der Waals surface area contributed by atoms with E-state index in [2.05, 4.69) is 0 Å². The summed E-state index contributed by atoms with van der Waals surface area (Å²) in [5.74, 6) is 0.767. The number of hydrogen-bond donors (Lipinski definition) is 0. The van der Waals surface area contributed by atoms with Crippen molar-refractivity contribution in [1.82, 2.24) is 4.90 Å². The molecule has 0 saturated carbocycles. The van der Waals surface area contributed by atoms with Crippen LogP contribution in [0.5, 0.6) is 0 Å². The number of hydrogen-bond acceptors (Lipinski definition) is 3. The molecule has 0 N–H and O–H groups in total. The number of alkyl halides is 1. The molecule has 1 amide bonds. The Labute approximate surface area is 107 Å². The van der Waals surface area contributed by atoms with Gasteiger partial charge in [-0.3, -0.25) is 4.79 Å². The summed E-state index contributed by atoms with van der Waals surface area (Å²) in [7, 11) is 0. The molecule has 0 radical (unpaired) electrons. The van der Waals surface area contributed by atoms with Crippen molar-refractivity contribution in [3.8, 4) is 0 Å². The van der Waals surface area contributed by atoms with Gasteiger partial charge in [0.2, 0.25) is 0 Å². The van der Waals surface area contributed by atoms with E-state index in [-0.39, 0.29) is 12.0 Å². The van der Waals surface area contributed by atoms with Crippen LogP contribution in [0.25, 0.3) is 0 Å². The normalized spacial score (nSPS) is 29.6. The van der Waals surface area contributed by atoms with E-state index in [1.807, 2.05) is 4.90 Å². The van der Waals surface area contributed by atoms with Crippen molar-refractivity contribution in [2.75, 3.05) is 32.2 Å². The van der Waals surface area contributed by atoms with E-state index in [4.69, 9.17) is 21.1 Å². The zero-order chi connectivity index (χ0) is 12.1. The smallest absolute Gasteiger partial charge is 0.254 e. The Kier molecular flexibility index (Phi) is 5.07. The first-order valence-corrected chi connectivity index (χ1v) is 6.92. The Bertz CT molecular complexity index is 256. The molecule has 2 rings (SSSR count). The second kappa shape index (κ2) is 6.57. The quantitative estimate of drug-likeness (QED) is 0.719. The van der Waals surface area contributed by atoms with Gasteiger partial charge in [0.1, 0.15) is 0 Å². The molecule has 2 fully saturated rings. The van der Waals surface area contributed by atoms with E-state index in [1.54, 1.807) is 0 Å². The molecule has 0 aromatic heterocycles. The van der Waals surface area contributed by atoms with E-state index in [0.717, 1.165) is 32.2 Å². The molecule has 98 valence electrons. The van der Waals surface area contributed by atoms with Crippen LogP contribution in [0.3, 0.4) is 0 Å². The Morgan fingerprint density at radius 2 is 2.29 bits per heavy atom. The maximum atomic E-state index is 12.3. The highest BCUT2D eigenvalue weighted by Crippen LogP contribution is 2.23. The number of ether oxygens (including phenoxy) is 2. The van der Waals surface area contributed by atoms with Crippen LogP contribution in [0.2, 0.25) is 0 Å². The van der Waals surface area contributed by atoms with Crippen molar-refractivity contribution < 1.29 is 14.3 Å². The SMILES string of the molecule is O=C(C1COCCO1)N1CCCC1CCCCl. The van der Waals surface area contributed by atoms with Crippen molar-refractivity contribution >= 4 is 17.5 Å². The van der Waals surface area contributed by atoms with E-state index in [0.29, 0.717) is 31.7 Å². The van der Waals surface area contributed by atoms with Crippen LogP contribution in [0, 0.1) is 0 Å². The summed E-state index contributed by atoms with van der Waals surface area (Å²) in [6.45, 7) is 2.37. The van der Waals surface area contributed by atoms with Gasteiger partial charge in [-0.2, -0.15) is 0 Å². The van der Waals surface area contributed by atoms with Gasteiger partial charge in [0, 0.05) is 18.5 Å². The third kappa shape index (κ3) is 3.33. The molecule has 2 heterocycles. The number of halogens is 1. The third-order valence-electron chi connectivity index (χ3n) is 3.42. The zero-order valence-corrected chi connectivity index (χ0v) is 10.8. The average molecular weight is 262 g/mol. The van der Waals surface area contributed by atoms with Crippen LogP contribution >= 0.6 is 11.6 Å². The van der Waals surface area contributed by atoms with E-state index < -0.39 is 0 Å². The number of carbonyl (C=O) groups is 1. The fourth-order valence-electron chi connectivity index (χ4n) is 2.55. The minimum absolute atomic E-state index is 0.0989. The minimum atomic E-state index is -0.389. The predicted molar refractivity (Wildman–Crippen MR) is 65.2 cm³/mol. The lowest BCUT2D eigenvalue weighted by atomic mass is 10.1. The molecular weight excluding hydrogens is 242 g/mol. The van der Waals surface area contributed by atoms with Crippen molar-refractivity contribution in [3.05, 3.63) is 0 Å². The molecule has 4 nitrogen and oxygen atoms in total. The molecule has 5 heteroatoms. The number of likely N-dealkylation sites (tertiary alicyclic amines) is 1. The highest BCUT2D eigenvalue weighted by molar-refractivity contribution is 6.17. The summed E-state index contributed by atoms with van der Waals surface area (Å²) < 4.78 is 10.7. The third-order valence-corrected chi connectivity index (χ3v) is 3.69. The van der Waals surface area contributed by atoms with Gasteiger partial charge in [-0.05, 0) is 25.7 Å². The second-order valence-electron chi connectivity index (χ2n) is 4.59. The molecule has 2 aliphatic rings. The lowest BCUT2D eigenvalue weighted by Crippen LogP contribution is -2.47. The lowest BCUT2D eigenvalue weighted by Gasteiger charge is -2.30. The molecule has 0 spiro atoms. The maximum absolute atomic E-state index is 12.3. The monoisotopic (exact) mass is 261 g/mol. The Hall–Kier alpha value is -0.320. The summed E-state index contributed by atoms with van der Waals surface area (Å²) in [4.78, 5) is 14.2. The Morgan fingerprint density at radius 3 is 3.00 bits per heavy atom. The largest absolute Gasteiger partial charge is 0.376 e. The van der Waals surface area contributed by atoms with Gasteiger partial charge in [0.15, 0.2) is 6.10 Å². The molecule has 2 atom stereocenters. The first-order chi connectivity index (χ1) is 8.33. The van der Waals surface area contributed by atoms with Crippen molar-refractivity contribution in [1.29, 1.82) is 0 Å². The van der Waals surface area contributed by atoms with Gasteiger partial charge in [0.25, 0.3) is 5.91 Å². The van der Waals surface area contributed by atoms with Crippen LogP contribution in [-0.4, -0.2) is 55.2 Å². The molecule has 2 saturated heterocycles. The van der Waals surface area contributed by atoms with Crippen LogP contribution in [-0.2, 0) is 14.3 Å². The summed E-state index contributed by atoms with van der Waals surface area (Å²) in [5.41, 5.74) is 0. The van der Waals surface area contributed by atoms with Gasteiger partial charge < -0.3 is 14.4 Å². The first kappa shape index (κ1) is 13.1.